The van der Waals surface area contributed by atoms with Crippen LogP contribution >= 0.6 is 28.0 Å². The SMILES string of the molecule is CSOC(C)c1cncc(Br)n1. The Morgan fingerprint density at radius 3 is 2.92 bits per heavy atom. The van der Waals surface area contributed by atoms with E-state index in [-0.39, 0.29) is 6.10 Å². The van der Waals surface area contributed by atoms with Crippen LogP contribution in [0.25, 0.3) is 0 Å². The van der Waals surface area contributed by atoms with E-state index in [1.54, 1.807) is 12.4 Å². The molecule has 0 aliphatic carbocycles. The molecule has 0 amide bonds. The van der Waals surface area contributed by atoms with Crippen molar-refractivity contribution in [3.8, 4) is 0 Å². The minimum atomic E-state index is -0.0231. The lowest BCUT2D eigenvalue weighted by Gasteiger charge is -2.08. The van der Waals surface area contributed by atoms with Gasteiger partial charge in [-0.05, 0) is 34.9 Å². The molecule has 12 heavy (non-hydrogen) atoms. The summed E-state index contributed by atoms with van der Waals surface area (Å²) in [4.78, 5) is 8.20. The van der Waals surface area contributed by atoms with Crippen LogP contribution in [0.2, 0.25) is 0 Å². The number of hydrogen-bond acceptors (Lipinski definition) is 4. The molecule has 1 heterocycles. The average Bonchev–Trinajstić information content (AvgIpc) is 2.05. The first-order chi connectivity index (χ1) is 5.74. The summed E-state index contributed by atoms with van der Waals surface area (Å²) in [7, 11) is 0. The summed E-state index contributed by atoms with van der Waals surface area (Å²) in [5.74, 6) is 0. The second-order valence-corrected chi connectivity index (χ2v) is 3.51. The molecule has 0 aliphatic rings. The van der Waals surface area contributed by atoms with Gasteiger partial charge in [0.15, 0.2) is 0 Å². The van der Waals surface area contributed by atoms with Crippen LogP contribution in [0.5, 0.6) is 0 Å². The minimum Gasteiger partial charge on any atom is -0.306 e. The molecule has 0 bridgehead atoms. The molecule has 0 aliphatic heterocycles. The average molecular weight is 249 g/mol. The van der Waals surface area contributed by atoms with Gasteiger partial charge in [0.05, 0.1) is 18.1 Å². The minimum absolute atomic E-state index is 0.0231. The molecule has 0 N–H and O–H groups in total. The Labute approximate surface area is 84.3 Å². The van der Waals surface area contributed by atoms with Gasteiger partial charge in [-0.25, -0.2) is 4.98 Å². The second-order valence-electron chi connectivity index (χ2n) is 2.17. The number of aromatic nitrogens is 2. The van der Waals surface area contributed by atoms with Crippen LogP contribution in [0.1, 0.15) is 18.7 Å². The standard InChI is InChI=1S/C7H9BrN2OS/c1-5(11-12-2)6-3-9-4-7(8)10-6/h3-5H,1-2H3. The molecule has 0 saturated heterocycles. The molecule has 3 nitrogen and oxygen atoms in total. The summed E-state index contributed by atoms with van der Waals surface area (Å²) < 4.78 is 6.01. The molecule has 1 unspecified atom stereocenters. The molecule has 1 atom stereocenters. The molecule has 0 radical (unpaired) electrons. The lowest BCUT2D eigenvalue weighted by molar-refractivity contribution is 0.267. The quantitative estimate of drug-likeness (QED) is 0.771. The smallest absolute Gasteiger partial charge is 0.124 e. The normalized spacial score (nSPS) is 12.9. The largest absolute Gasteiger partial charge is 0.306 e. The first-order valence-electron chi connectivity index (χ1n) is 3.41. The molecular formula is C7H9BrN2OS. The van der Waals surface area contributed by atoms with Gasteiger partial charge in [0.2, 0.25) is 0 Å². The van der Waals surface area contributed by atoms with Gasteiger partial charge in [0, 0.05) is 6.26 Å². The van der Waals surface area contributed by atoms with E-state index in [0.717, 1.165) is 10.3 Å². The number of nitrogens with zero attached hydrogens (tertiary/aromatic N) is 2. The van der Waals surface area contributed by atoms with Crippen molar-refractivity contribution in [2.75, 3.05) is 6.26 Å². The Morgan fingerprint density at radius 2 is 2.33 bits per heavy atom. The Kier molecular flexibility index (Phi) is 3.97. The van der Waals surface area contributed by atoms with Crippen LogP contribution < -0.4 is 0 Å². The Hall–Kier alpha value is -0.130. The maximum absolute atomic E-state index is 5.28. The van der Waals surface area contributed by atoms with Crippen LogP contribution in [0.4, 0.5) is 0 Å². The van der Waals surface area contributed by atoms with Gasteiger partial charge < -0.3 is 4.18 Å². The number of hydrogen-bond donors (Lipinski definition) is 0. The van der Waals surface area contributed by atoms with E-state index >= 15 is 0 Å². The highest BCUT2D eigenvalue weighted by Crippen LogP contribution is 2.19. The maximum Gasteiger partial charge on any atom is 0.124 e. The van der Waals surface area contributed by atoms with Gasteiger partial charge in [-0.1, -0.05) is 0 Å². The van der Waals surface area contributed by atoms with Gasteiger partial charge in [-0.15, -0.1) is 0 Å². The zero-order valence-corrected chi connectivity index (χ0v) is 9.22. The lowest BCUT2D eigenvalue weighted by Crippen LogP contribution is -1.98. The fraction of sp³-hybridized carbons (Fsp3) is 0.429. The van der Waals surface area contributed by atoms with E-state index in [9.17, 15) is 0 Å². The van der Waals surface area contributed by atoms with E-state index in [1.165, 1.54) is 12.0 Å². The molecule has 1 aromatic heterocycles. The summed E-state index contributed by atoms with van der Waals surface area (Å²) in [5.41, 5.74) is 0.832. The monoisotopic (exact) mass is 248 g/mol. The fourth-order valence-electron chi connectivity index (χ4n) is 0.746. The van der Waals surface area contributed by atoms with Crippen LogP contribution in [0, 0.1) is 0 Å². The van der Waals surface area contributed by atoms with Crippen molar-refractivity contribution in [3.63, 3.8) is 0 Å². The van der Waals surface area contributed by atoms with Crippen molar-refractivity contribution in [3.05, 3.63) is 22.7 Å². The van der Waals surface area contributed by atoms with E-state index < -0.39 is 0 Å². The van der Waals surface area contributed by atoms with Gasteiger partial charge in [0.25, 0.3) is 0 Å². The highest BCUT2D eigenvalue weighted by Gasteiger charge is 2.07. The Morgan fingerprint density at radius 1 is 1.58 bits per heavy atom. The fourth-order valence-corrected chi connectivity index (χ4v) is 1.46. The summed E-state index contributed by atoms with van der Waals surface area (Å²) in [6.45, 7) is 1.94. The third kappa shape index (κ3) is 2.73. The third-order valence-electron chi connectivity index (χ3n) is 1.28. The Bertz CT molecular complexity index is 259. The molecule has 0 aromatic carbocycles. The van der Waals surface area contributed by atoms with Crippen LogP contribution in [-0.2, 0) is 4.18 Å². The summed E-state index contributed by atoms with van der Waals surface area (Å²) in [6.07, 6.45) is 5.20. The summed E-state index contributed by atoms with van der Waals surface area (Å²) in [6, 6.07) is 0. The third-order valence-corrected chi connectivity index (χ3v) is 2.14. The van der Waals surface area contributed by atoms with E-state index in [2.05, 4.69) is 25.9 Å². The van der Waals surface area contributed by atoms with Gasteiger partial charge in [-0.3, -0.25) is 4.98 Å². The van der Waals surface area contributed by atoms with Crippen molar-refractivity contribution >= 4 is 28.0 Å². The van der Waals surface area contributed by atoms with E-state index in [4.69, 9.17) is 4.18 Å². The highest BCUT2D eigenvalue weighted by atomic mass is 79.9. The van der Waals surface area contributed by atoms with Gasteiger partial charge in [-0.2, -0.15) is 0 Å². The molecule has 1 rings (SSSR count). The lowest BCUT2D eigenvalue weighted by atomic mass is 10.3. The van der Waals surface area contributed by atoms with Gasteiger partial charge >= 0.3 is 0 Å². The second kappa shape index (κ2) is 4.79. The predicted octanol–water partition coefficient (Wildman–Crippen LogP) is 2.59. The predicted molar refractivity (Wildman–Crippen MR) is 52.7 cm³/mol. The van der Waals surface area contributed by atoms with Crippen molar-refractivity contribution in [2.24, 2.45) is 0 Å². The first kappa shape index (κ1) is 9.95. The Balaban J connectivity index is 2.73. The van der Waals surface area contributed by atoms with Crippen LogP contribution in [-0.4, -0.2) is 16.2 Å². The molecule has 66 valence electrons. The summed E-state index contributed by atoms with van der Waals surface area (Å²) in [5, 5.41) is 0. The molecule has 0 spiro atoms. The number of halogens is 1. The first-order valence-corrected chi connectivity index (χ1v) is 5.35. The van der Waals surface area contributed by atoms with Crippen molar-refractivity contribution in [2.45, 2.75) is 13.0 Å². The van der Waals surface area contributed by atoms with Crippen LogP contribution in [0.3, 0.4) is 0 Å². The number of rotatable bonds is 3. The van der Waals surface area contributed by atoms with Crippen molar-refractivity contribution in [1.29, 1.82) is 0 Å². The molecule has 0 saturated carbocycles. The molecular weight excluding hydrogens is 240 g/mol. The van der Waals surface area contributed by atoms with Gasteiger partial charge in [0.1, 0.15) is 10.7 Å². The van der Waals surface area contributed by atoms with E-state index in [1.807, 2.05) is 13.2 Å². The van der Waals surface area contributed by atoms with Crippen LogP contribution in [0.15, 0.2) is 17.0 Å². The van der Waals surface area contributed by atoms with Crippen molar-refractivity contribution < 1.29 is 4.18 Å². The topological polar surface area (TPSA) is 35.0 Å². The molecule has 0 fully saturated rings. The highest BCUT2D eigenvalue weighted by molar-refractivity contribution is 9.10. The van der Waals surface area contributed by atoms with Crippen molar-refractivity contribution in [1.82, 2.24) is 9.97 Å². The zero-order valence-electron chi connectivity index (χ0n) is 6.82. The maximum atomic E-state index is 5.28. The molecule has 1 aromatic rings. The zero-order chi connectivity index (χ0) is 8.97. The molecule has 5 heteroatoms. The summed E-state index contributed by atoms with van der Waals surface area (Å²) >= 11 is 4.57. The van der Waals surface area contributed by atoms with E-state index in [0.29, 0.717) is 0 Å².